The molecular weight excluding hydrogens is 1030 g/mol. The number of thiophene rings is 3. The van der Waals surface area contributed by atoms with Crippen LogP contribution in [0.4, 0.5) is 0 Å². The largest absolute Gasteiger partial charge is 0.142 e. The molecule has 0 aliphatic heterocycles. The quantitative estimate of drug-likeness (QED) is 0.0334. The summed E-state index contributed by atoms with van der Waals surface area (Å²) < 4.78 is 0. The van der Waals surface area contributed by atoms with Crippen molar-refractivity contribution in [3.05, 3.63) is 117 Å². The first-order valence-electron chi connectivity index (χ1n) is 34.7. The Morgan fingerprint density at radius 3 is 1.01 bits per heavy atom. The van der Waals surface area contributed by atoms with E-state index in [1.165, 1.54) is 333 Å². The molecule has 0 spiro atoms. The summed E-state index contributed by atoms with van der Waals surface area (Å²) in [5.74, 6) is 0. The monoisotopic (exact) mass is 1150 g/mol. The first-order valence-corrected chi connectivity index (χ1v) is 37.3. The van der Waals surface area contributed by atoms with E-state index in [0.29, 0.717) is 0 Å². The standard InChI is InChI=1S/C78H116S3/c1-7-13-19-25-31-37-43-63-49-52-66(46-40-34-28-22-16-10-4)71(57-63)69-60-75(80-62-69)78-74(73-59-65(45-39-33-27-21-15-9-3)51-54-68(73)48-42-36-30-24-18-12-6)61-76(81-78)77-70(55-56-79-77)72-58-64(44-38-32-26-20-14-8-2)50-53-67(72)47-41-35-29-23-17-11-5/h49-62H,7-48H2,1-6H3. The van der Waals surface area contributed by atoms with Crippen molar-refractivity contribution >= 4 is 34.0 Å². The van der Waals surface area contributed by atoms with Gasteiger partial charge in [0, 0.05) is 20.9 Å². The van der Waals surface area contributed by atoms with Crippen LogP contribution in [-0.4, -0.2) is 0 Å². The van der Waals surface area contributed by atoms with Gasteiger partial charge >= 0.3 is 0 Å². The predicted molar refractivity (Wildman–Crippen MR) is 370 cm³/mol. The Bertz CT molecular complexity index is 2560. The fourth-order valence-corrected chi connectivity index (χ4v) is 15.8. The van der Waals surface area contributed by atoms with E-state index in [1.807, 2.05) is 22.7 Å². The molecule has 0 radical (unpaired) electrons. The molecule has 0 fully saturated rings. The molecule has 6 rings (SSSR count). The third-order valence-electron chi connectivity index (χ3n) is 17.7. The van der Waals surface area contributed by atoms with Crippen molar-refractivity contribution in [2.24, 2.45) is 0 Å². The van der Waals surface area contributed by atoms with Gasteiger partial charge in [0.05, 0.1) is 9.75 Å². The Balaban J connectivity index is 1.44. The Kier molecular flexibility index (Phi) is 33.8. The third kappa shape index (κ3) is 23.6. The third-order valence-corrected chi connectivity index (χ3v) is 21.1. The van der Waals surface area contributed by atoms with Gasteiger partial charge in [-0.3, -0.25) is 0 Å². The first kappa shape index (κ1) is 66.9. The van der Waals surface area contributed by atoms with E-state index in [1.54, 1.807) is 16.7 Å². The second kappa shape index (κ2) is 40.9. The van der Waals surface area contributed by atoms with Crippen LogP contribution in [0.3, 0.4) is 0 Å². The van der Waals surface area contributed by atoms with Gasteiger partial charge in [-0.15, -0.1) is 34.0 Å². The highest BCUT2D eigenvalue weighted by atomic mass is 32.1. The van der Waals surface area contributed by atoms with Gasteiger partial charge in [0.15, 0.2) is 0 Å². The minimum Gasteiger partial charge on any atom is -0.142 e. The summed E-state index contributed by atoms with van der Waals surface area (Å²) in [5, 5.41) is 4.95. The molecule has 0 saturated carbocycles. The molecule has 6 aromatic rings. The maximum atomic E-state index is 2.68. The number of hydrogen-bond acceptors (Lipinski definition) is 3. The topological polar surface area (TPSA) is 0 Å². The van der Waals surface area contributed by atoms with Crippen LogP contribution in [0.5, 0.6) is 0 Å². The zero-order valence-electron chi connectivity index (χ0n) is 53.0. The molecule has 0 bridgehead atoms. The molecule has 0 unspecified atom stereocenters. The minimum absolute atomic E-state index is 1.16. The summed E-state index contributed by atoms with van der Waals surface area (Å²) in [4.78, 5) is 5.84. The highest BCUT2D eigenvalue weighted by molar-refractivity contribution is 7.26. The fourth-order valence-electron chi connectivity index (χ4n) is 12.6. The van der Waals surface area contributed by atoms with E-state index in [4.69, 9.17) is 0 Å². The van der Waals surface area contributed by atoms with Gasteiger partial charge < -0.3 is 0 Å². The lowest BCUT2D eigenvalue weighted by atomic mass is 9.91. The SMILES string of the molecule is CCCCCCCCc1ccc(CCCCCCCC)c(-c2csc(-c3sc(-c4sccc4-c4cc(CCCCCCCC)ccc4CCCCCCCC)cc3-c3cc(CCCCCCCC)ccc3CCCCCCCC)c2)c1. The molecule has 0 amide bonds. The maximum Gasteiger partial charge on any atom is 0.0528 e. The number of rotatable bonds is 47. The minimum atomic E-state index is 1.16. The zero-order valence-corrected chi connectivity index (χ0v) is 55.5. The second-order valence-electron chi connectivity index (χ2n) is 24.8. The Morgan fingerprint density at radius 1 is 0.259 bits per heavy atom. The van der Waals surface area contributed by atoms with Gasteiger partial charge in [-0.2, -0.15) is 0 Å². The van der Waals surface area contributed by atoms with Crippen molar-refractivity contribution in [1.29, 1.82) is 0 Å². The van der Waals surface area contributed by atoms with Crippen LogP contribution in [0.2, 0.25) is 0 Å². The van der Waals surface area contributed by atoms with Crippen LogP contribution < -0.4 is 0 Å². The van der Waals surface area contributed by atoms with Gasteiger partial charge in [0.2, 0.25) is 0 Å². The highest BCUT2D eigenvalue weighted by Gasteiger charge is 2.23. The van der Waals surface area contributed by atoms with Crippen molar-refractivity contribution in [1.82, 2.24) is 0 Å². The lowest BCUT2D eigenvalue weighted by Gasteiger charge is -2.14. The molecule has 0 aliphatic carbocycles. The number of hydrogen-bond donors (Lipinski definition) is 0. The van der Waals surface area contributed by atoms with Gasteiger partial charge in [-0.25, -0.2) is 0 Å². The van der Waals surface area contributed by atoms with Crippen LogP contribution in [0, 0.1) is 0 Å². The Labute approximate surface area is 511 Å². The number of unbranched alkanes of at least 4 members (excludes halogenated alkanes) is 30. The molecule has 81 heavy (non-hydrogen) atoms. The highest BCUT2D eigenvalue weighted by Crippen LogP contribution is 2.51. The zero-order chi connectivity index (χ0) is 57.0. The summed E-state index contributed by atoms with van der Waals surface area (Å²) in [5.41, 5.74) is 18.1. The lowest BCUT2D eigenvalue weighted by Crippen LogP contribution is -1.95. The van der Waals surface area contributed by atoms with Crippen LogP contribution in [0.1, 0.15) is 306 Å². The average Bonchev–Trinajstić information content (AvgIpc) is 4.40. The maximum absolute atomic E-state index is 2.68. The molecule has 3 aromatic heterocycles. The van der Waals surface area contributed by atoms with E-state index in [-0.39, 0.29) is 0 Å². The van der Waals surface area contributed by atoms with Crippen LogP contribution in [-0.2, 0) is 38.5 Å². The first-order chi connectivity index (χ1) is 40.0. The average molecular weight is 1150 g/mol. The summed E-state index contributed by atoms with van der Waals surface area (Å²) >= 11 is 6.09. The van der Waals surface area contributed by atoms with Gasteiger partial charge in [-0.1, -0.05) is 289 Å². The van der Waals surface area contributed by atoms with Gasteiger partial charge in [-0.05, 0) is 162 Å². The number of benzene rings is 3. The molecule has 446 valence electrons. The Hall–Kier alpha value is -3.24. The molecule has 0 nitrogen and oxygen atoms in total. The van der Waals surface area contributed by atoms with E-state index in [0.717, 1.165) is 6.42 Å². The summed E-state index contributed by atoms with van der Waals surface area (Å²) in [6, 6.07) is 30.9. The van der Waals surface area contributed by atoms with Crippen molar-refractivity contribution in [2.75, 3.05) is 0 Å². The molecule has 0 saturated heterocycles. The van der Waals surface area contributed by atoms with Crippen molar-refractivity contribution in [3.63, 3.8) is 0 Å². The molecule has 0 atom stereocenters. The normalized spacial score (nSPS) is 11.7. The molecule has 3 heterocycles. The van der Waals surface area contributed by atoms with Crippen molar-refractivity contribution in [2.45, 2.75) is 311 Å². The molecule has 3 heteroatoms. The summed E-state index contributed by atoms with van der Waals surface area (Å²) in [7, 11) is 0. The van der Waals surface area contributed by atoms with Crippen LogP contribution in [0.25, 0.3) is 52.9 Å². The molecule has 0 N–H and O–H groups in total. The lowest BCUT2D eigenvalue weighted by molar-refractivity contribution is 0.606. The van der Waals surface area contributed by atoms with E-state index >= 15 is 0 Å². The summed E-state index contributed by atoms with van der Waals surface area (Å²) in [6.07, 6.45) is 55.3. The van der Waals surface area contributed by atoms with Crippen molar-refractivity contribution < 1.29 is 0 Å². The number of aryl methyl sites for hydroxylation is 6. The predicted octanol–water partition coefficient (Wildman–Crippen LogP) is 27.6. The molecule has 3 aromatic carbocycles. The molecular formula is C78H116S3. The van der Waals surface area contributed by atoms with Crippen molar-refractivity contribution in [3.8, 4) is 52.9 Å². The fraction of sp³-hybridized carbons (Fsp3) is 0.615. The Morgan fingerprint density at radius 2 is 0.605 bits per heavy atom. The van der Waals surface area contributed by atoms with Crippen LogP contribution >= 0.6 is 34.0 Å². The summed E-state index contributed by atoms with van der Waals surface area (Å²) in [6.45, 7) is 14.0. The smallest absolute Gasteiger partial charge is 0.0528 e. The van der Waals surface area contributed by atoms with E-state index in [2.05, 4.69) is 136 Å². The second-order valence-corrected chi connectivity index (χ2v) is 27.7. The van der Waals surface area contributed by atoms with Gasteiger partial charge in [0.25, 0.3) is 0 Å². The van der Waals surface area contributed by atoms with E-state index < -0.39 is 0 Å². The van der Waals surface area contributed by atoms with E-state index in [9.17, 15) is 0 Å². The van der Waals surface area contributed by atoms with Crippen LogP contribution in [0.15, 0.2) is 83.6 Å². The molecule has 0 aliphatic rings. The van der Waals surface area contributed by atoms with Gasteiger partial charge in [0.1, 0.15) is 0 Å².